The highest BCUT2D eigenvalue weighted by atomic mass is 19.4. The first-order valence-electron chi connectivity index (χ1n) is 9.07. The van der Waals surface area contributed by atoms with Gasteiger partial charge in [-0.1, -0.05) is 12.1 Å². The molecule has 154 valence electrons. The molecule has 1 aliphatic heterocycles. The summed E-state index contributed by atoms with van der Waals surface area (Å²) in [5.74, 6) is -1.86. The molecule has 1 saturated heterocycles. The van der Waals surface area contributed by atoms with Crippen molar-refractivity contribution in [1.29, 1.82) is 0 Å². The Kier molecular flexibility index (Phi) is 5.18. The maximum Gasteiger partial charge on any atom is 0.573 e. The maximum absolute atomic E-state index is 14.0. The summed E-state index contributed by atoms with van der Waals surface area (Å²) in [5.41, 5.74) is 3.50. The van der Waals surface area contributed by atoms with E-state index in [4.69, 9.17) is 4.74 Å². The molecule has 5 nitrogen and oxygen atoms in total. The largest absolute Gasteiger partial charge is 0.573 e. The lowest BCUT2D eigenvalue weighted by atomic mass is 10.1. The van der Waals surface area contributed by atoms with Crippen LogP contribution in [0.3, 0.4) is 0 Å². The molecule has 1 aliphatic rings. The van der Waals surface area contributed by atoms with E-state index in [0.29, 0.717) is 31.8 Å². The van der Waals surface area contributed by atoms with Gasteiger partial charge in [0, 0.05) is 26.7 Å². The Morgan fingerprint density at radius 2 is 2.03 bits per heavy atom. The topological polar surface area (TPSA) is 39.5 Å². The van der Waals surface area contributed by atoms with E-state index >= 15 is 0 Å². The molecule has 2 heterocycles. The Morgan fingerprint density at radius 3 is 2.79 bits per heavy atom. The Morgan fingerprint density at radius 1 is 1.21 bits per heavy atom. The molecular weight excluding hydrogens is 390 g/mol. The predicted molar refractivity (Wildman–Crippen MR) is 97.8 cm³/mol. The standard InChI is InChI=1S/C20H19F4N3O2/c1-26-12-25-16-4-3-14(9-17(16)26)19-11-27(6-7-28-19)10-13-2-5-18(15(21)8-13)29-20(22,23)24/h2-5,8-9,12,19H,6-7,10-11H2,1H3. The van der Waals surface area contributed by atoms with E-state index < -0.39 is 17.9 Å². The highest BCUT2D eigenvalue weighted by molar-refractivity contribution is 5.76. The molecule has 0 radical (unpaired) electrons. The van der Waals surface area contributed by atoms with Crippen LogP contribution in [-0.2, 0) is 18.3 Å². The van der Waals surface area contributed by atoms with Crippen molar-refractivity contribution in [3.8, 4) is 5.75 Å². The minimum atomic E-state index is -4.92. The molecule has 0 amide bonds. The van der Waals surface area contributed by atoms with Crippen LogP contribution in [0.5, 0.6) is 5.75 Å². The summed E-state index contributed by atoms with van der Waals surface area (Å²) in [6.45, 7) is 2.14. The van der Waals surface area contributed by atoms with Crippen LogP contribution in [0.25, 0.3) is 11.0 Å². The number of ether oxygens (including phenoxy) is 2. The SMILES string of the molecule is Cn1cnc2ccc(C3CN(Cc4ccc(OC(F)(F)F)c(F)c4)CCO3)cc21. The fraction of sp³-hybridized carbons (Fsp3) is 0.350. The molecule has 1 unspecified atom stereocenters. The van der Waals surface area contributed by atoms with Gasteiger partial charge < -0.3 is 14.0 Å². The zero-order valence-electron chi connectivity index (χ0n) is 15.6. The fourth-order valence-electron chi connectivity index (χ4n) is 3.50. The molecule has 0 N–H and O–H groups in total. The highest BCUT2D eigenvalue weighted by Gasteiger charge is 2.32. The molecule has 2 aromatic carbocycles. The number of benzene rings is 2. The third-order valence-corrected chi connectivity index (χ3v) is 4.90. The number of hydrogen-bond donors (Lipinski definition) is 0. The third kappa shape index (κ3) is 4.51. The van der Waals surface area contributed by atoms with Gasteiger partial charge in [0.25, 0.3) is 0 Å². The first-order valence-corrected chi connectivity index (χ1v) is 9.07. The summed E-state index contributed by atoms with van der Waals surface area (Å²) < 4.78 is 62.3. The van der Waals surface area contributed by atoms with E-state index in [0.717, 1.165) is 28.7 Å². The van der Waals surface area contributed by atoms with E-state index in [1.807, 2.05) is 29.8 Å². The maximum atomic E-state index is 14.0. The van der Waals surface area contributed by atoms with Crippen LogP contribution >= 0.6 is 0 Å². The molecular formula is C20H19F4N3O2. The van der Waals surface area contributed by atoms with E-state index in [-0.39, 0.29) is 6.10 Å². The Labute approximate surface area is 164 Å². The monoisotopic (exact) mass is 409 g/mol. The van der Waals surface area contributed by atoms with Crippen molar-refractivity contribution in [1.82, 2.24) is 14.5 Å². The van der Waals surface area contributed by atoms with Crippen LogP contribution in [0.1, 0.15) is 17.2 Å². The minimum Gasteiger partial charge on any atom is -0.403 e. The number of halogens is 4. The molecule has 1 atom stereocenters. The van der Waals surface area contributed by atoms with Crippen LogP contribution in [-0.4, -0.2) is 40.5 Å². The quantitative estimate of drug-likeness (QED) is 0.606. The minimum absolute atomic E-state index is 0.152. The Balaban J connectivity index is 1.45. The first kappa shape index (κ1) is 19.7. The zero-order valence-corrected chi connectivity index (χ0v) is 15.6. The van der Waals surface area contributed by atoms with Crippen molar-refractivity contribution in [3.63, 3.8) is 0 Å². The smallest absolute Gasteiger partial charge is 0.403 e. The van der Waals surface area contributed by atoms with Crippen molar-refractivity contribution < 1.29 is 27.0 Å². The van der Waals surface area contributed by atoms with E-state index in [2.05, 4.69) is 14.6 Å². The van der Waals surface area contributed by atoms with E-state index in [1.54, 1.807) is 6.33 Å². The summed E-state index contributed by atoms with van der Waals surface area (Å²) in [6.07, 6.45) is -3.32. The van der Waals surface area contributed by atoms with Crippen molar-refractivity contribution in [2.45, 2.75) is 19.0 Å². The predicted octanol–water partition coefficient (Wildman–Crippen LogP) is 4.18. The van der Waals surface area contributed by atoms with Crippen LogP contribution in [0, 0.1) is 5.82 Å². The molecule has 9 heteroatoms. The normalized spacial score (nSPS) is 18.3. The van der Waals surface area contributed by atoms with Gasteiger partial charge in [-0.05, 0) is 35.4 Å². The van der Waals surface area contributed by atoms with Gasteiger partial charge in [-0.2, -0.15) is 0 Å². The molecule has 1 fully saturated rings. The molecule has 0 spiro atoms. The summed E-state index contributed by atoms with van der Waals surface area (Å²) in [5, 5.41) is 0. The average Bonchev–Trinajstić information content (AvgIpc) is 3.04. The number of nitrogens with zero attached hydrogens (tertiary/aromatic N) is 3. The lowest BCUT2D eigenvalue weighted by Gasteiger charge is -2.33. The molecule has 1 aromatic heterocycles. The van der Waals surface area contributed by atoms with Gasteiger partial charge in [0.1, 0.15) is 0 Å². The van der Waals surface area contributed by atoms with E-state index in [9.17, 15) is 17.6 Å². The number of alkyl halides is 3. The van der Waals surface area contributed by atoms with Crippen LogP contribution in [0.15, 0.2) is 42.7 Å². The summed E-state index contributed by atoms with van der Waals surface area (Å²) >= 11 is 0. The average molecular weight is 409 g/mol. The van der Waals surface area contributed by atoms with Crippen LogP contribution in [0.4, 0.5) is 17.6 Å². The second kappa shape index (κ2) is 7.64. The lowest BCUT2D eigenvalue weighted by Crippen LogP contribution is -2.37. The first-order chi connectivity index (χ1) is 13.8. The number of fused-ring (bicyclic) bond motifs is 1. The van der Waals surface area contributed by atoms with Crippen molar-refractivity contribution in [2.24, 2.45) is 7.05 Å². The molecule has 0 aliphatic carbocycles. The lowest BCUT2D eigenvalue weighted by molar-refractivity contribution is -0.275. The molecule has 29 heavy (non-hydrogen) atoms. The van der Waals surface area contributed by atoms with Crippen molar-refractivity contribution in [3.05, 3.63) is 59.7 Å². The zero-order chi connectivity index (χ0) is 20.6. The van der Waals surface area contributed by atoms with Crippen molar-refractivity contribution in [2.75, 3.05) is 19.7 Å². The number of rotatable bonds is 4. The third-order valence-electron chi connectivity index (χ3n) is 4.90. The second-order valence-electron chi connectivity index (χ2n) is 7.01. The van der Waals surface area contributed by atoms with Crippen LogP contribution < -0.4 is 4.74 Å². The molecule has 0 bridgehead atoms. The number of imidazole rings is 1. The van der Waals surface area contributed by atoms with E-state index in [1.165, 1.54) is 6.07 Å². The number of aryl methyl sites for hydroxylation is 1. The van der Waals surface area contributed by atoms with Gasteiger partial charge in [-0.15, -0.1) is 13.2 Å². The van der Waals surface area contributed by atoms with Gasteiger partial charge in [-0.3, -0.25) is 4.90 Å². The fourth-order valence-corrected chi connectivity index (χ4v) is 3.50. The van der Waals surface area contributed by atoms with Gasteiger partial charge in [0.2, 0.25) is 0 Å². The molecule has 4 rings (SSSR count). The second-order valence-corrected chi connectivity index (χ2v) is 7.01. The summed E-state index contributed by atoms with van der Waals surface area (Å²) in [6, 6.07) is 9.49. The van der Waals surface area contributed by atoms with Gasteiger partial charge >= 0.3 is 6.36 Å². The molecule has 3 aromatic rings. The van der Waals surface area contributed by atoms with Crippen LogP contribution in [0.2, 0.25) is 0 Å². The Bertz CT molecular complexity index is 1020. The summed E-state index contributed by atoms with van der Waals surface area (Å²) in [4.78, 5) is 6.39. The van der Waals surface area contributed by atoms with Gasteiger partial charge in [-0.25, -0.2) is 9.37 Å². The number of morpholine rings is 1. The number of hydrogen-bond acceptors (Lipinski definition) is 4. The molecule has 0 saturated carbocycles. The number of aromatic nitrogens is 2. The van der Waals surface area contributed by atoms with Gasteiger partial charge in [0.05, 0.1) is 30.1 Å². The van der Waals surface area contributed by atoms with Crippen molar-refractivity contribution >= 4 is 11.0 Å². The highest BCUT2D eigenvalue weighted by Crippen LogP contribution is 2.28. The van der Waals surface area contributed by atoms with Gasteiger partial charge in [0.15, 0.2) is 11.6 Å². The summed E-state index contributed by atoms with van der Waals surface area (Å²) in [7, 11) is 1.92. The Hall–Kier alpha value is -2.65.